The van der Waals surface area contributed by atoms with Crippen LogP contribution in [0.25, 0.3) is 0 Å². The van der Waals surface area contributed by atoms with Crippen LogP contribution in [0, 0.1) is 11.3 Å². The highest BCUT2D eigenvalue weighted by atomic mass is 16.3. The number of carbonyl (C=O) groups excluding carboxylic acids is 3. The molecule has 9 nitrogen and oxygen atoms in total. The molecular weight excluding hydrogens is 412 g/mol. The Hall–Kier alpha value is -3.20. The van der Waals surface area contributed by atoms with Crippen molar-refractivity contribution in [2.75, 3.05) is 33.7 Å². The van der Waals surface area contributed by atoms with Gasteiger partial charge in [-0.25, -0.2) is 4.79 Å². The average Bonchev–Trinajstić information content (AvgIpc) is 3.29. The first-order valence-electron chi connectivity index (χ1n) is 10.8. The molecule has 2 fully saturated rings. The first-order valence-corrected chi connectivity index (χ1v) is 10.8. The Morgan fingerprint density at radius 1 is 0.969 bits per heavy atom. The standard InChI is InChI=1S/C23H26N4O5/c1-24-20(29)23(10-17-5-4-8-32-17,21(30)25(2)22(24)31)14-26-11-15-9-16(13-26)18-6-3-7-19(28)27(18)12-15/h3-8,15-16H,9-14H2,1-2H3/t15-,16+/m0/s1. The normalized spacial score (nSPS) is 25.2. The van der Waals surface area contributed by atoms with E-state index >= 15 is 0 Å². The molecule has 5 rings (SSSR count). The Labute approximate surface area is 185 Å². The van der Waals surface area contributed by atoms with Gasteiger partial charge in [-0.15, -0.1) is 0 Å². The minimum Gasteiger partial charge on any atom is -0.469 e. The largest absolute Gasteiger partial charge is 0.469 e. The van der Waals surface area contributed by atoms with Crippen LogP contribution in [0.15, 0.2) is 45.8 Å². The Kier molecular flexibility index (Phi) is 4.81. The molecular formula is C23H26N4O5. The maximum absolute atomic E-state index is 13.4. The van der Waals surface area contributed by atoms with Crippen molar-refractivity contribution in [3.8, 4) is 0 Å². The summed E-state index contributed by atoms with van der Waals surface area (Å²) in [6, 6.07) is 8.20. The van der Waals surface area contributed by atoms with Gasteiger partial charge >= 0.3 is 6.03 Å². The molecule has 0 saturated carbocycles. The summed E-state index contributed by atoms with van der Waals surface area (Å²) in [5.41, 5.74) is -0.430. The summed E-state index contributed by atoms with van der Waals surface area (Å²) in [5.74, 6) is -0.0727. The molecule has 2 aromatic heterocycles. The van der Waals surface area contributed by atoms with E-state index in [-0.39, 0.29) is 30.4 Å². The molecule has 32 heavy (non-hydrogen) atoms. The van der Waals surface area contributed by atoms with Crippen LogP contribution in [0.1, 0.15) is 23.8 Å². The van der Waals surface area contributed by atoms with Crippen LogP contribution in [0.4, 0.5) is 4.79 Å². The van der Waals surface area contributed by atoms with E-state index in [2.05, 4.69) is 4.90 Å². The van der Waals surface area contributed by atoms with Crippen LogP contribution in [0.2, 0.25) is 0 Å². The highest BCUT2D eigenvalue weighted by Crippen LogP contribution is 2.39. The molecule has 0 N–H and O–H groups in total. The monoisotopic (exact) mass is 438 g/mol. The lowest BCUT2D eigenvalue weighted by molar-refractivity contribution is -0.159. The van der Waals surface area contributed by atoms with E-state index in [0.29, 0.717) is 25.4 Å². The van der Waals surface area contributed by atoms with Gasteiger partial charge in [-0.2, -0.15) is 0 Å². The second-order valence-electron chi connectivity index (χ2n) is 9.24. The number of likely N-dealkylation sites (tertiary alicyclic amines) is 1. The number of hydrogen-bond acceptors (Lipinski definition) is 6. The lowest BCUT2D eigenvalue weighted by Gasteiger charge is -2.47. The third-order valence-corrected chi connectivity index (χ3v) is 7.11. The number of rotatable bonds is 4. The van der Waals surface area contributed by atoms with Crippen LogP contribution < -0.4 is 5.56 Å². The van der Waals surface area contributed by atoms with Crippen LogP contribution in [-0.2, 0) is 22.6 Å². The highest BCUT2D eigenvalue weighted by molar-refractivity contribution is 6.19. The molecule has 4 amide bonds. The van der Waals surface area contributed by atoms with Crippen molar-refractivity contribution in [2.45, 2.75) is 25.3 Å². The summed E-state index contributed by atoms with van der Waals surface area (Å²) in [7, 11) is 2.83. The van der Waals surface area contributed by atoms with E-state index in [0.717, 1.165) is 21.9 Å². The van der Waals surface area contributed by atoms with Crippen molar-refractivity contribution < 1.29 is 18.8 Å². The number of carbonyl (C=O) groups is 3. The van der Waals surface area contributed by atoms with Gasteiger partial charge in [-0.1, -0.05) is 6.07 Å². The number of urea groups is 1. The van der Waals surface area contributed by atoms with Gasteiger partial charge in [-0.05, 0) is 30.5 Å². The summed E-state index contributed by atoms with van der Waals surface area (Å²) in [5, 5.41) is 0. The summed E-state index contributed by atoms with van der Waals surface area (Å²) < 4.78 is 7.35. The van der Waals surface area contributed by atoms with Crippen molar-refractivity contribution in [2.24, 2.45) is 11.3 Å². The molecule has 0 radical (unpaired) electrons. The number of imide groups is 2. The SMILES string of the molecule is CN1C(=O)N(C)C(=O)C(Cc2ccco2)(CN2C[C@@H]3C[C@H](C2)c2cccc(=O)n2C3)C1=O. The second-order valence-corrected chi connectivity index (χ2v) is 9.24. The lowest BCUT2D eigenvalue weighted by atomic mass is 9.76. The molecule has 0 spiro atoms. The number of amides is 4. The van der Waals surface area contributed by atoms with E-state index in [1.807, 2.05) is 10.6 Å². The maximum Gasteiger partial charge on any atom is 0.332 e. The summed E-state index contributed by atoms with van der Waals surface area (Å²) >= 11 is 0. The zero-order chi connectivity index (χ0) is 22.6. The molecule has 0 aliphatic carbocycles. The molecule has 2 aromatic rings. The van der Waals surface area contributed by atoms with E-state index in [1.165, 1.54) is 20.4 Å². The third kappa shape index (κ3) is 3.10. The van der Waals surface area contributed by atoms with Crippen molar-refractivity contribution >= 4 is 17.8 Å². The van der Waals surface area contributed by atoms with Crippen LogP contribution in [0.3, 0.4) is 0 Å². The van der Waals surface area contributed by atoms with Crippen molar-refractivity contribution in [1.82, 2.24) is 19.3 Å². The molecule has 5 heterocycles. The molecule has 168 valence electrons. The molecule has 0 unspecified atom stereocenters. The fourth-order valence-electron chi connectivity index (χ4n) is 5.69. The number of nitrogens with zero attached hydrogens (tertiary/aromatic N) is 4. The Bertz CT molecular complexity index is 1110. The van der Waals surface area contributed by atoms with Crippen molar-refractivity contribution in [1.29, 1.82) is 0 Å². The van der Waals surface area contributed by atoms with Crippen LogP contribution in [0.5, 0.6) is 0 Å². The Balaban J connectivity index is 1.49. The zero-order valence-corrected chi connectivity index (χ0v) is 18.2. The number of hydrogen-bond donors (Lipinski definition) is 0. The number of aromatic nitrogens is 1. The Morgan fingerprint density at radius 3 is 2.41 bits per heavy atom. The summed E-state index contributed by atoms with van der Waals surface area (Å²) in [6.45, 7) is 2.14. The predicted octanol–water partition coefficient (Wildman–Crippen LogP) is 1.14. The highest BCUT2D eigenvalue weighted by Gasteiger charge is 2.57. The number of furan rings is 1. The molecule has 3 aliphatic heterocycles. The maximum atomic E-state index is 13.4. The van der Waals surface area contributed by atoms with Gasteiger partial charge < -0.3 is 13.9 Å². The van der Waals surface area contributed by atoms with Gasteiger partial charge in [0.1, 0.15) is 11.2 Å². The van der Waals surface area contributed by atoms with E-state index in [1.54, 1.807) is 24.3 Å². The quantitative estimate of drug-likeness (QED) is 0.665. The van der Waals surface area contributed by atoms with E-state index in [4.69, 9.17) is 4.42 Å². The van der Waals surface area contributed by atoms with Gasteiger partial charge in [0.15, 0.2) is 0 Å². The summed E-state index contributed by atoms with van der Waals surface area (Å²) in [4.78, 5) is 55.8. The molecule has 2 saturated heterocycles. The average molecular weight is 438 g/mol. The smallest absolute Gasteiger partial charge is 0.332 e. The lowest BCUT2D eigenvalue weighted by Crippen LogP contribution is -2.67. The van der Waals surface area contributed by atoms with E-state index in [9.17, 15) is 19.2 Å². The van der Waals surface area contributed by atoms with Gasteiger partial charge in [-0.3, -0.25) is 24.2 Å². The minimum atomic E-state index is -1.45. The molecule has 2 atom stereocenters. The molecule has 2 bridgehead atoms. The zero-order valence-electron chi connectivity index (χ0n) is 18.2. The fraction of sp³-hybridized carbons (Fsp3) is 0.478. The summed E-state index contributed by atoms with van der Waals surface area (Å²) in [6.07, 6.45) is 2.58. The van der Waals surface area contributed by atoms with Gasteiger partial charge in [0, 0.05) is 64.4 Å². The van der Waals surface area contributed by atoms with E-state index < -0.39 is 23.3 Å². The van der Waals surface area contributed by atoms with Gasteiger partial charge in [0.05, 0.1) is 6.26 Å². The number of barbiturate groups is 1. The Morgan fingerprint density at radius 2 is 1.72 bits per heavy atom. The number of fused-ring (bicyclic) bond motifs is 4. The molecule has 3 aliphatic rings. The number of piperidine rings is 1. The molecule has 9 heteroatoms. The first kappa shape index (κ1) is 20.7. The van der Waals surface area contributed by atoms with Gasteiger partial charge in [0.2, 0.25) is 11.8 Å². The first-order chi connectivity index (χ1) is 15.3. The molecule has 0 aromatic carbocycles. The van der Waals surface area contributed by atoms with Gasteiger partial charge in [0.25, 0.3) is 5.56 Å². The predicted molar refractivity (Wildman–Crippen MR) is 114 cm³/mol. The minimum absolute atomic E-state index is 0.0133. The van der Waals surface area contributed by atoms with Crippen molar-refractivity contribution in [3.05, 3.63) is 58.4 Å². The van der Waals surface area contributed by atoms with Crippen molar-refractivity contribution in [3.63, 3.8) is 0 Å². The second kappa shape index (κ2) is 7.44. The topological polar surface area (TPSA) is 96.1 Å². The van der Waals surface area contributed by atoms with Crippen LogP contribution >= 0.6 is 0 Å². The number of pyridine rings is 1. The fourth-order valence-corrected chi connectivity index (χ4v) is 5.69. The third-order valence-electron chi connectivity index (χ3n) is 7.11. The van der Waals surface area contributed by atoms with Crippen LogP contribution in [-0.4, -0.2) is 70.8 Å².